The molecule has 0 aromatic heterocycles. The molecular formula is C21H19I2NO4. The van der Waals surface area contributed by atoms with Crippen LogP contribution >= 0.6 is 45.2 Å². The highest BCUT2D eigenvalue weighted by atomic mass is 127. The van der Waals surface area contributed by atoms with Crippen molar-refractivity contribution in [2.24, 2.45) is 4.99 Å². The van der Waals surface area contributed by atoms with Crippen LogP contribution in [-0.2, 0) is 9.53 Å². The van der Waals surface area contributed by atoms with Crippen molar-refractivity contribution in [3.63, 3.8) is 0 Å². The minimum atomic E-state index is -0.465. The number of carbonyl (C=O) groups is 1. The average Bonchev–Trinajstić information content (AvgIpc) is 3.02. The predicted octanol–water partition coefficient (Wildman–Crippen LogP) is 5.43. The second-order valence-corrected chi connectivity index (χ2v) is 8.36. The highest BCUT2D eigenvalue weighted by Crippen LogP contribution is 2.35. The number of hydrogen-bond acceptors (Lipinski definition) is 5. The third-order valence-electron chi connectivity index (χ3n) is 3.80. The molecule has 0 bridgehead atoms. The standard InChI is InChI=1S/C21H19I2NO4/c1-3-9-27-19-16(23)10-13(12-18(19)26-4-2)11-17-21(25)28-20(24-17)14-5-7-15(22)8-6-14/h5-8,10-12H,3-4,9H2,1-2H3/b17-11-. The van der Waals surface area contributed by atoms with Crippen molar-refractivity contribution < 1.29 is 19.0 Å². The summed E-state index contributed by atoms with van der Waals surface area (Å²) >= 11 is 4.44. The van der Waals surface area contributed by atoms with E-state index in [9.17, 15) is 4.79 Å². The van der Waals surface area contributed by atoms with Crippen molar-refractivity contribution in [2.45, 2.75) is 20.3 Å². The van der Waals surface area contributed by atoms with Gasteiger partial charge in [-0.05, 0) is 107 Å². The van der Waals surface area contributed by atoms with E-state index >= 15 is 0 Å². The van der Waals surface area contributed by atoms with Crippen LogP contribution in [-0.4, -0.2) is 25.1 Å². The normalized spacial score (nSPS) is 14.8. The number of aliphatic imine (C=N–C) groups is 1. The van der Waals surface area contributed by atoms with Gasteiger partial charge in [-0.1, -0.05) is 6.92 Å². The van der Waals surface area contributed by atoms with E-state index < -0.39 is 5.97 Å². The summed E-state index contributed by atoms with van der Waals surface area (Å²) in [5.74, 6) is 1.23. The van der Waals surface area contributed by atoms with Gasteiger partial charge in [-0.15, -0.1) is 0 Å². The van der Waals surface area contributed by atoms with Gasteiger partial charge in [0.15, 0.2) is 17.2 Å². The Labute approximate surface area is 191 Å². The van der Waals surface area contributed by atoms with Crippen molar-refractivity contribution in [2.75, 3.05) is 13.2 Å². The maximum Gasteiger partial charge on any atom is 0.363 e. The van der Waals surface area contributed by atoms with Gasteiger partial charge in [-0.25, -0.2) is 9.79 Å². The van der Waals surface area contributed by atoms with E-state index in [0.29, 0.717) is 24.9 Å². The Bertz CT molecular complexity index is 936. The predicted molar refractivity (Wildman–Crippen MR) is 126 cm³/mol. The number of benzene rings is 2. The quantitative estimate of drug-likeness (QED) is 0.241. The SMILES string of the molecule is CCCOc1c(I)cc(/C=C2\N=C(c3ccc(I)cc3)OC2=O)cc1OCC. The number of ether oxygens (including phenoxy) is 3. The molecule has 0 radical (unpaired) electrons. The van der Waals surface area contributed by atoms with E-state index in [0.717, 1.165) is 30.4 Å². The fourth-order valence-electron chi connectivity index (χ4n) is 2.56. The lowest BCUT2D eigenvalue weighted by molar-refractivity contribution is -0.129. The number of halogens is 2. The van der Waals surface area contributed by atoms with Crippen LogP contribution in [0.2, 0.25) is 0 Å². The molecule has 2 aromatic rings. The highest BCUT2D eigenvalue weighted by molar-refractivity contribution is 14.1. The largest absolute Gasteiger partial charge is 0.490 e. The van der Waals surface area contributed by atoms with E-state index in [4.69, 9.17) is 14.2 Å². The summed E-state index contributed by atoms with van der Waals surface area (Å²) in [6, 6.07) is 11.4. The van der Waals surface area contributed by atoms with Crippen LogP contribution in [0, 0.1) is 7.14 Å². The first-order chi connectivity index (χ1) is 13.5. The van der Waals surface area contributed by atoms with Crippen molar-refractivity contribution in [1.82, 2.24) is 0 Å². The van der Waals surface area contributed by atoms with Gasteiger partial charge < -0.3 is 14.2 Å². The summed E-state index contributed by atoms with van der Waals surface area (Å²) in [4.78, 5) is 16.6. The first-order valence-electron chi connectivity index (χ1n) is 8.89. The summed E-state index contributed by atoms with van der Waals surface area (Å²) in [7, 11) is 0. The molecule has 1 aliphatic heterocycles. The van der Waals surface area contributed by atoms with Crippen LogP contribution in [0.3, 0.4) is 0 Å². The molecule has 1 heterocycles. The molecule has 146 valence electrons. The zero-order chi connectivity index (χ0) is 20.1. The van der Waals surface area contributed by atoms with Crippen LogP contribution in [0.4, 0.5) is 0 Å². The second kappa shape index (κ2) is 9.73. The zero-order valence-corrected chi connectivity index (χ0v) is 19.8. The Hall–Kier alpha value is -1.62. The summed E-state index contributed by atoms with van der Waals surface area (Å²) < 4.78 is 18.9. The van der Waals surface area contributed by atoms with E-state index in [1.165, 1.54) is 0 Å². The highest BCUT2D eigenvalue weighted by Gasteiger charge is 2.24. The number of esters is 1. The van der Waals surface area contributed by atoms with Gasteiger partial charge in [0.25, 0.3) is 0 Å². The smallest absolute Gasteiger partial charge is 0.363 e. The molecule has 0 spiro atoms. The molecule has 0 aliphatic carbocycles. The molecule has 5 nitrogen and oxygen atoms in total. The molecule has 0 atom stereocenters. The number of nitrogens with zero attached hydrogens (tertiary/aromatic N) is 1. The van der Waals surface area contributed by atoms with Gasteiger partial charge in [-0.2, -0.15) is 0 Å². The number of cyclic esters (lactones) is 1. The molecule has 1 aliphatic rings. The topological polar surface area (TPSA) is 57.1 Å². The zero-order valence-electron chi connectivity index (χ0n) is 15.5. The van der Waals surface area contributed by atoms with Crippen molar-refractivity contribution in [3.8, 4) is 11.5 Å². The summed E-state index contributed by atoms with van der Waals surface area (Å²) in [5, 5.41) is 0. The summed E-state index contributed by atoms with van der Waals surface area (Å²) in [5.41, 5.74) is 1.83. The minimum absolute atomic E-state index is 0.258. The van der Waals surface area contributed by atoms with Gasteiger partial charge in [0.2, 0.25) is 5.90 Å². The number of hydrogen-bond donors (Lipinski definition) is 0. The van der Waals surface area contributed by atoms with Gasteiger partial charge in [0, 0.05) is 9.13 Å². The molecule has 0 amide bonds. The molecule has 0 saturated carbocycles. The van der Waals surface area contributed by atoms with Gasteiger partial charge >= 0.3 is 5.97 Å². The minimum Gasteiger partial charge on any atom is -0.490 e. The van der Waals surface area contributed by atoms with Crippen molar-refractivity contribution in [1.29, 1.82) is 0 Å². The maximum atomic E-state index is 12.3. The first-order valence-corrected chi connectivity index (χ1v) is 11.0. The fraction of sp³-hybridized carbons (Fsp3) is 0.238. The lowest BCUT2D eigenvalue weighted by Gasteiger charge is -2.14. The van der Waals surface area contributed by atoms with Crippen molar-refractivity contribution in [3.05, 3.63) is 60.4 Å². The lowest BCUT2D eigenvalue weighted by Crippen LogP contribution is -2.05. The Morgan fingerprint density at radius 1 is 1.11 bits per heavy atom. The molecule has 7 heteroatoms. The molecule has 0 saturated heterocycles. The van der Waals surface area contributed by atoms with Crippen molar-refractivity contribution >= 4 is 63.1 Å². The monoisotopic (exact) mass is 603 g/mol. The first kappa shape index (κ1) is 21.1. The van der Waals surface area contributed by atoms with E-state index in [2.05, 4.69) is 57.1 Å². The molecule has 0 N–H and O–H groups in total. The van der Waals surface area contributed by atoms with Crippen LogP contribution in [0.25, 0.3) is 6.08 Å². The second-order valence-electron chi connectivity index (χ2n) is 5.95. The lowest BCUT2D eigenvalue weighted by atomic mass is 10.1. The third-order valence-corrected chi connectivity index (χ3v) is 5.32. The number of rotatable bonds is 7. The Kier molecular flexibility index (Phi) is 7.33. The Balaban J connectivity index is 1.93. The fourth-order valence-corrected chi connectivity index (χ4v) is 3.70. The van der Waals surface area contributed by atoms with Crippen LogP contribution < -0.4 is 9.47 Å². The molecule has 0 unspecified atom stereocenters. The molecule has 28 heavy (non-hydrogen) atoms. The molecule has 2 aromatic carbocycles. The Morgan fingerprint density at radius 2 is 1.86 bits per heavy atom. The van der Waals surface area contributed by atoms with Gasteiger partial charge in [0.1, 0.15) is 0 Å². The summed E-state index contributed by atoms with van der Waals surface area (Å²) in [6.07, 6.45) is 2.62. The van der Waals surface area contributed by atoms with Crippen LogP contribution in [0.5, 0.6) is 11.5 Å². The average molecular weight is 603 g/mol. The molecule has 3 rings (SSSR count). The third kappa shape index (κ3) is 5.05. The van der Waals surface area contributed by atoms with E-state index in [-0.39, 0.29) is 5.70 Å². The van der Waals surface area contributed by atoms with E-state index in [1.54, 1.807) is 6.08 Å². The number of carbonyl (C=O) groups excluding carboxylic acids is 1. The summed E-state index contributed by atoms with van der Waals surface area (Å²) in [6.45, 7) is 5.12. The van der Waals surface area contributed by atoms with Crippen LogP contribution in [0.15, 0.2) is 47.1 Å². The Morgan fingerprint density at radius 3 is 2.54 bits per heavy atom. The maximum absolute atomic E-state index is 12.3. The molecule has 0 fully saturated rings. The van der Waals surface area contributed by atoms with E-state index in [1.807, 2.05) is 43.3 Å². The van der Waals surface area contributed by atoms with Gasteiger partial charge in [0.05, 0.1) is 16.8 Å². The van der Waals surface area contributed by atoms with Crippen LogP contribution in [0.1, 0.15) is 31.4 Å². The van der Waals surface area contributed by atoms with Gasteiger partial charge in [-0.3, -0.25) is 0 Å². The molecular weight excluding hydrogens is 584 g/mol.